The standard InChI is InChI=1S/C3H7NOS.CH2O2/c4-3(1-5)2-6;2-1-3/h1,3,6H,2,4H2;1H,(H,2,3). The molecule has 0 bridgehead atoms. The van der Waals surface area contributed by atoms with Gasteiger partial charge in [0.25, 0.3) is 0 Å². The number of aldehydes is 1. The van der Waals surface area contributed by atoms with E-state index in [1.807, 2.05) is 0 Å². The molecule has 0 radical (unpaired) electrons. The number of carbonyl (C=O) groups is 2. The summed E-state index contributed by atoms with van der Waals surface area (Å²) in [5.41, 5.74) is 3.43. The maximum Gasteiger partial charge on any atom is 0.177 e. The van der Waals surface area contributed by atoms with Crippen molar-refractivity contribution in [1.82, 2.24) is 0 Å². The van der Waals surface area contributed by atoms with Crippen LogP contribution in [0.2, 0.25) is 0 Å². The van der Waals surface area contributed by atoms with Crippen molar-refractivity contribution in [3.8, 4) is 0 Å². The van der Waals surface area contributed by atoms with Crippen molar-refractivity contribution in [2.45, 2.75) is 6.04 Å². The van der Waals surface area contributed by atoms with Gasteiger partial charge in [-0.05, 0) is 0 Å². The Bertz CT molecular complexity index is 78.2. The second-order valence-electron chi connectivity index (χ2n) is 1.17. The molecule has 0 aromatic rings. The third-order valence-electron chi connectivity index (χ3n) is 0.427. The Morgan fingerprint density at radius 2 is 2.00 bits per heavy atom. The first-order chi connectivity index (χ1) is 4.22. The van der Waals surface area contributed by atoms with Crippen molar-refractivity contribution in [3.63, 3.8) is 0 Å². The first kappa shape index (κ1) is 11.3. The fraction of sp³-hybridized carbons (Fsp3) is 0.500. The summed E-state index contributed by atoms with van der Waals surface area (Å²) in [7, 11) is 0. The van der Waals surface area contributed by atoms with Crippen molar-refractivity contribution in [3.05, 3.63) is 0 Å². The van der Waals surface area contributed by atoms with E-state index >= 15 is 0 Å². The fourth-order valence-electron chi connectivity index (χ4n) is 0.0430. The molecule has 0 fully saturated rings. The van der Waals surface area contributed by atoms with Gasteiger partial charge in [0.1, 0.15) is 6.04 Å². The summed E-state index contributed by atoms with van der Waals surface area (Å²) < 4.78 is 0. The number of thiol groups is 1. The van der Waals surface area contributed by atoms with E-state index in [1.165, 1.54) is 0 Å². The Hall–Kier alpha value is -0.550. The van der Waals surface area contributed by atoms with Gasteiger partial charge >= 0.3 is 0 Å². The molecule has 0 saturated heterocycles. The lowest BCUT2D eigenvalue weighted by Gasteiger charge is -1.86. The predicted molar refractivity (Wildman–Crippen MR) is 32.7 cm³/mol. The molecule has 1 atom stereocenters. The molecule has 0 aromatic heterocycles. The second-order valence-corrected chi connectivity index (χ2v) is 1.54. The van der Waals surface area contributed by atoms with Crippen LogP contribution in [0.15, 0.2) is 0 Å². The fourth-order valence-corrected chi connectivity index (χ4v) is 0.129. The molecule has 0 aromatic carbocycles. The van der Waals surface area contributed by atoms with Gasteiger partial charge in [-0.1, -0.05) is 0 Å². The lowest BCUT2D eigenvalue weighted by Crippen LogP contribution is -2.62. The zero-order valence-corrected chi connectivity index (χ0v) is 5.71. The second kappa shape index (κ2) is 10.4. The van der Waals surface area contributed by atoms with Crippen LogP contribution in [-0.4, -0.2) is 24.6 Å². The topological polar surface area (TPSA) is 84.8 Å². The molecule has 0 heterocycles. The van der Waals surface area contributed by atoms with Gasteiger partial charge in [-0.25, -0.2) is 0 Å². The zero-order chi connectivity index (χ0) is 7.70. The van der Waals surface area contributed by atoms with Crippen molar-refractivity contribution in [1.29, 1.82) is 0 Å². The summed E-state index contributed by atoms with van der Waals surface area (Å²) in [5, 5.41) is 8.25. The van der Waals surface area contributed by atoms with Gasteiger partial charge in [-0.2, -0.15) is 12.6 Å². The number of hydrogen-bond donors (Lipinski definition) is 2. The number of hydrogen-bond acceptors (Lipinski definition) is 4. The highest BCUT2D eigenvalue weighted by atomic mass is 32.1. The van der Waals surface area contributed by atoms with Crippen LogP contribution in [0.25, 0.3) is 0 Å². The van der Waals surface area contributed by atoms with Gasteiger partial charge in [0.05, 0.1) is 0 Å². The summed E-state index contributed by atoms with van der Waals surface area (Å²) in [4.78, 5) is 17.9. The third kappa shape index (κ3) is 18.6. The Labute approximate surface area is 58.5 Å². The predicted octanol–water partition coefficient (Wildman–Crippen LogP) is -2.91. The summed E-state index contributed by atoms with van der Waals surface area (Å²) in [6.07, 6.45) is 0.785. The molecule has 1 unspecified atom stereocenters. The van der Waals surface area contributed by atoms with Crippen molar-refractivity contribution >= 4 is 25.4 Å². The smallest absolute Gasteiger partial charge is 0.177 e. The molecule has 9 heavy (non-hydrogen) atoms. The van der Waals surface area contributed by atoms with Gasteiger partial charge in [0, 0.05) is 12.2 Å². The zero-order valence-electron chi connectivity index (χ0n) is 4.82. The lowest BCUT2D eigenvalue weighted by atomic mass is 10.4. The third-order valence-corrected chi connectivity index (χ3v) is 0.896. The van der Waals surface area contributed by atoms with E-state index in [1.54, 1.807) is 0 Å². The SMILES string of the molecule is O=C[O-].[NH3+]C(C=O)CS. The quantitative estimate of drug-likeness (QED) is 0.328. The van der Waals surface area contributed by atoms with E-state index in [0.717, 1.165) is 6.29 Å². The lowest BCUT2D eigenvalue weighted by molar-refractivity contribution is -0.392. The van der Waals surface area contributed by atoms with Crippen molar-refractivity contribution in [2.24, 2.45) is 0 Å². The van der Waals surface area contributed by atoms with E-state index in [9.17, 15) is 4.79 Å². The van der Waals surface area contributed by atoms with Crippen LogP contribution < -0.4 is 10.8 Å². The molecule has 0 aliphatic heterocycles. The first-order valence-electron chi connectivity index (χ1n) is 2.17. The molecule has 5 heteroatoms. The average Bonchev–Trinajstić information content (AvgIpc) is 1.88. The van der Waals surface area contributed by atoms with Gasteiger partial charge in [-0.15, -0.1) is 0 Å². The molecule has 3 N–H and O–H groups in total. The molecule has 0 spiro atoms. The van der Waals surface area contributed by atoms with Gasteiger partial charge in [0.15, 0.2) is 6.29 Å². The highest BCUT2D eigenvalue weighted by molar-refractivity contribution is 7.80. The Kier molecular flexibility index (Phi) is 13.1. The molecule has 54 valence electrons. The molecule has 4 nitrogen and oxygen atoms in total. The van der Waals surface area contributed by atoms with Crippen LogP contribution in [0.5, 0.6) is 0 Å². The molecule has 0 saturated carbocycles. The van der Waals surface area contributed by atoms with E-state index < -0.39 is 6.47 Å². The van der Waals surface area contributed by atoms with Crippen LogP contribution in [0.1, 0.15) is 0 Å². The number of quaternary nitrogens is 1. The average molecular weight is 151 g/mol. The maximum absolute atomic E-state index is 9.62. The maximum atomic E-state index is 9.62. The normalized spacial score (nSPS) is 10.4. The Morgan fingerprint density at radius 1 is 1.67 bits per heavy atom. The minimum Gasteiger partial charge on any atom is -0.554 e. The van der Waals surface area contributed by atoms with Crippen molar-refractivity contribution in [2.75, 3.05) is 5.75 Å². The summed E-state index contributed by atoms with van der Waals surface area (Å²) in [5.74, 6) is 0.545. The van der Waals surface area contributed by atoms with Crippen molar-refractivity contribution < 1.29 is 20.4 Å². The number of rotatable bonds is 2. The van der Waals surface area contributed by atoms with Crippen LogP contribution in [0, 0.1) is 0 Å². The molecule has 0 aliphatic carbocycles. The van der Waals surface area contributed by atoms with E-state index in [4.69, 9.17) is 9.90 Å². The Balaban J connectivity index is 0. The summed E-state index contributed by atoms with van der Waals surface area (Å²) in [6, 6.07) is -0.131. The molecular formula is C4H9NO3S. The largest absolute Gasteiger partial charge is 0.554 e. The van der Waals surface area contributed by atoms with Crippen LogP contribution in [0.3, 0.4) is 0 Å². The van der Waals surface area contributed by atoms with Gasteiger partial charge < -0.3 is 15.6 Å². The molecule has 0 rings (SSSR count). The van der Waals surface area contributed by atoms with E-state index in [-0.39, 0.29) is 6.04 Å². The summed E-state index contributed by atoms with van der Waals surface area (Å²) in [6.45, 7) is -0.500. The number of carbonyl (C=O) groups excluding carboxylic acids is 2. The van der Waals surface area contributed by atoms with Gasteiger partial charge in [0.2, 0.25) is 0 Å². The van der Waals surface area contributed by atoms with E-state index in [2.05, 4.69) is 18.4 Å². The van der Waals surface area contributed by atoms with Crippen LogP contribution in [-0.2, 0) is 9.59 Å². The minimum absolute atomic E-state index is 0.131. The minimum atomic E-state index is -0.500. The van der Waals surface area contributed by atoms with Crippen LogP contribution in [0.4, 0.5) is 0 Å². The highest BCUT2D eigenvalue weighted by Gasteiger charge is 1.94. The molecule has 0 aliphatic rings. The molecular weight excluding hydrogens is 142 g/mol. The van der Waals surface area contributed by atoms with E-state index in [0.29, 0.717) is 5.75 Å². The molecule has 0 amide bonds. The highest BCUT2D eigenvalue weighted by Crippen LogP contribution is 1.70. The number of carboxylic acid groups (broad SMARTS) is 1. The monoisotopic (exact) mass is 151 g/mol. The van der Waals surface area contributed by atoms with Gasteiger partial charge in [-0.3, -0.25) is 4.79 Å². The summed E-state index contributed by atoms with van der Waals surface area (Å²) >= 11 is 3.80. The first-order valence-corrected chi connectivity index (χ1v) is 2.81. The van der Waals surface area contributed by atoms with Crippen LogP contribution >= 0.6 is 12.6 Å². The Morgan fingerprint density at radius 3 is 2.00 bits per heavy atom.